The van der Waals surface area contributed by atoms with Gasteiger partial charge in [0.15, 0.2) is 0 Å². The lowest BCUT2D eigenvalue weighted by molar-refractivity contribution is -0.119. The van der Waals surface area contributed by atoms with Crippen LogP contribution < -0.4 is 14.9 Å². The molecule has 8 heteroatoms. The Morgan fingerprint density at radius 2 is 1.53 bits per heavy atom. The van der Waals surface area contributed by atoms with Gasteiger partial charge >= 0.3 is 0 Å². The molecule has 0 aliphatic rings. The summed E-state index contributed by atoms with van der Waals surface area (Å²) >= 11 is 0. The molecule has 0 fully saturated rings. The van der Waals surface area contributed by atoms with Crippen molar-refractivity contribution in [1.82, 2.24) is 10.1 Å². The maximum atomic E-state index is 12.1. The van der Waals surface area contributed by atoms with Crippen LogP contribution in [0.4, 0.5) is 0 Å². The summed E-state index contributed by atoms with van der Waals surface area (Å²) < 4.78 is 32.1. The normalized spacial score (nSPS) is 11.3. The summed E-state index contributed by atoms with van der Waals surface area (Å²) in [6, 6.07) is 24.9. The lowest BCUT2D eigenvalue weighted by atomic mass is 10.2. The molecule has 2 N–H and O–H groups in total. The molecule has 30 heavy (non-hydrogen) atoms. The van der Waals surface area contributed by atoms with Crippen molar-refractivity contribution in [2.45, 2.75) is 11.5 Å². The topological polar surface area (TPSA) is 96.9 Å². The molecule has 3 rings (SSSR count). The number of carbonyl (C=O) groups is 1. The Kier molecular flexibility index (Phi) is 7.31. The van der Waals surface area contributed by atoms with E-state index in [1.807, 2.05) is 30.3 Å². The van der Waals surface area contributed by atoms with Gasteiger partial charge in [0.1, 0.15) is 12.4 Å². The smallest absolute Gasteiger partial charge is 0.255 e. The van der Waals surface area contributed by atoms with Crippen molar-refractivity contribution < 1.29 is 17.9 Å². The van der Waals surface area contributed by atoms with E-state index in [0.717, 1.165) is 16.9 Å². The molecule has 3 aromatic rings. The Morgan fingerprint density at radius 3 is 2.20 bits per heavy atom. The van der Waals surface area contributed by atoms with Crippen molar-refractivity contribution in [1.29, 1.82) is 0 Å². The van der Waals surface area contributed by atoms with Crippen LogP contribution in [0.1, 0.15) is 11.1 Å². The van der Waals surface area contributed by atoms with Gasteiger partial charge in [-0.15, -0.1) is 0 Å². The predicted molar refractivity (Wildman–Crippen MR) is 115 cm³/mol. The highest BCUT2D eigenvalue weighted by atomic mass is 32.2. The Bertz CT molecular complexity index is 1080. The van der Waals surface area contributed by atoms with E-state index in [-0.39, 0.29) is 4.90 Å². The second kappa shape index (κ2) is 10.3. The van der Waals surface area contributed by atoms with E-state index >= 15 is 0 Å². The highest BCUT2D eigenvalue weighted by Crippen LogP contribution is 2.13. The van der Waals surface area contributed by atoms with E-state index in [1.165, 1.54) is 18.3 Å². The van der Waals surface area contributed by atoms with Crippen LogP contribution >= 0.6 is 0 Å². The zero-order valence-electron chi connectivity index (χ0n) is 16.1. The Morgan fingerprint density at radius 1 is 0.900 bits per heavy atom. The van der Waals surface area contributed by atoms with Crippen LogP contribution in [0.25, 0.3) is 0 Å². The molecule has 3 aromatic carbocycles. The minimum absolute atomic E-state index is 0.0934. The van der Waals surface area contributed by atoms with Gasteiger partial charge in [-0.2, -0.15) is 5.10 Å². The van der Waals surface area contributed by atoms with E-state index in [0.29, 0.717) is 6.61 Å². The second-order valence-corrected chi connectivity index (χ2v) is 8.04. The zero-order valence-corrected chi connectivity index (χ0v) is 16.9. The molecule has 0 aliphatic carbocycles. The molecular formula is C22H21N3O4S. The summed E-state index contributed by atoms with van der Waals surface area (Å²) in [6.45, 7) is 0.0596. The number of nitrogens with zero attached hydrogens (tertiary/aromatic N) is 1. The van der Waals surface area contributed by atoms with E-state index in [1.54, 1.807) is 42.5 Å². The van der Waals surface area contributed by atoms with E-state index in [9.17, 15) is 13.2 Å². The lowest BCUT2D eigenvalue weighted by Gasteiger charge is -2.06. The summed E-state index contributed by atoms with van der Waals surface area (Å²) in [5.41, 5.74) is 4.12. The fourth-order valence-corrected chi connectivity index (χ4v) is 3.46. The van der Waals surface area contributed by atoms with Crippen molar-refractivity contribution in [2.24, 2.45) is 5.10 Å². The van der Waals surface area contributed by atoms with E-state index in [4.69, 9.17) is 4.74 Å². The average Bonchev–Trinajstić information content (AvgIpc) is 2.78. The summed E-state index contributed by atoms with van der Waals surface area (Å²) in [6.07, 6.45) is 1.46. The third-order valence-electron chi connectivity index (χ3n) is 4.01. The number of hydrogen-bond donors (Lipinski definition) is 2. The predicted octanol–water partition coefficient (Wildman–Crippen LogP) is 2.69. The molecule has 0 radical (unpaired) electrons. The number of hydrogen-bond acceptors (Lipinski definition) is 5. The third kappa shape index (κ3) is 6.54. The molecule has 0 saturated carbocycles. The zero-order chi connectivity index (χ0) is 21.2. The molecule has 0 spiro atoms. The number of benzene rings is 3. The number of nitrogens with one attached hydrogen (secondary N) is 2. The van der Waals surface area contributed by atoms with Gasteiger partial charge in [-0.1, -0.05) is 48.5 Å². The number of ether oxygens (including phenoxy) is 1. The van der Waals surface area contributed by atoms with Crippen molar-refractivity contribution in [3.05, 3.63) is 96.1 Å². The summed E-state index contributed by atoms with van der Waals surface area (Å²) in [5.74, 6) is 0.143. The minimum atomic E-state index is -3.74. The summed E-state index contributed by atoms with van der Waals surface area (Å²) in [5, 5.41) is 3.84. The highest BCUT2D eigenvalue weighted by Gasteiger charge is 2.14. The number of amides is 1. The van der Waals surface area contributed by atoms with Crippen LogP contribution in [0.2, 0.25) is 0 Å². The third-order valence-corrected chi connectivity index (χ3v) is 5.42. The Hall–Kier alpha value is -3.49. The maximum Gasteiger partial charge on any atom is 0.255 e. The summed E-state index contributed by atoms with van der Waals surface area (Å²) in [4.78, 5) is 11.9. The number of sulfonamides is 1. The quantitative estimate of drug-likeness (QED) is 0.408. The molecule has 0 atom stereocenters. The maximum absolute atomic E-state index is 12.1. The lowest BCUT2D eigenvalue weighted by Crippen LogP contribution is -2.34. The van der Waals surface area contributed by atoms with Crippen molar-refractivity contribution >= 4 is 22.1 Å². The largest absolute Gasteiger partial charge is 0.489 e. The van der Waals surface area contributed by atoms with Crippen molar-refractivity contribution in [2.75, 3.05) is 6.54 Å². The van der Waals surface area contributed by atoms with Crippen LogP contribution in [0.15, 0.2) is 94.9 Å². The molecular weight excluding hydrogens is 402 g/mol. The van der Waals surface area contributed by atoms with Crippen LogP contribution in [0.3, 0.4) is 0 Å². The van der Waals surface area contributed by atoms with Crippen LogP contribution in [0.5, 0.6) is 5.75 Å². The first kappa shape index (κ1) is 21.2. The number of hydrazone groups is 1. The van der Waals surface area contributed by atoms with Gasteiger partial charge in [0.05, 0.1) is 17.7 Å². The molecule has 0 bridgehead atoms. The van der Waals surface area contributed by atoms with E-state index < -0.39 is 22.5 Å². The fraction of sp³-hybridized carbons (Fsp3) is 0.0909. The van der Waals surface area contributed by atoms with Gasteiger partial charge < -0.3 is 4.74 Å². The standard InChI is InChI=1S/C22H21N3O4S/c26-22(16-24-30(27,28)21-9-5-2-6-10-21)25-23-15-18-11-13-20(14-12-18)29-17-19-7-3-1-4-8-19/h1-15,24H,16-17H2,(H,25,26)/b23-15-. The molecule has 0 aliphatic heterocycles. The molecule has 0 unspecified atom stereocenters. The van der Waals surface area contributed by atoms with E-state index in [2.05, 4.69) is 15.2 Å². The average molecular weight is 423 g/mol. The molecule has 154 valence electrons. The van der Waals surface area contributed by atoms with Gasteiger partial charge in [-0.3, -0.25) is 4.79 Å². The van der Waals surface area contributed by atoms with Crippen molar-refractivity contribution in [3.63, 3.8) is 0 Å². The van der Waals surface area contributed by atoms with Gasteiger partial charge in [0.2, 0.25) is 10.0 Å². The van der Waals surface area contributed by atoms with Gasteiger partial charge in [0.25, 0.3) is 5.91 Å². The number of carbonyl (C=O) groups excluding carboxylic acids is 1. The Labute approximate surface area is 175 Å². The SMILES string of the molecule is O=C(CNS(=O)(=O)c1ccccc1)N/N=C\c1ccc(OCc2ccccc2)cc1. The molecule has 0 heterocycles. The molecule has 1 amide bonds. The van der Waals surface area contributed by atoms with Gasteiger partial charge in [-0.05, 0) is 47.5 Å². The van der Waals surface area contributed by atoms with Gasteiger partial charge in [-0.25, -0.2) is 18.6 Å². The van der Waals surface area contributed by atoms with Crippen molar-refractivity contribution in [3.8, 4) is 5.75 Å². The molecule has 0 saturated heterocycles. The second-order valence-electron chi connectivity index (χ2n) is 6.27. The summed E-state index contributed by atoms with van der Waals surface area (Å²) in [7, 11) is -3.74. The first-order valence-corrected chi connectivity index (χ1v) is 10.6. The number of rotatable bonds is 9. The molecule has 0 aromatic heterocycles. The monoisotopic (exact) mass is 423 g/mol. The highest BCUT2D eigenvalue weighted by molar-refractivity contribution is 7.89. The first-order valence-electron chi connectivity index (χ1n) is 9.16. The first-order chi connectivity index (χ1) is 14.5. The minimum Gasteiger partial charge on any atom is -0.489 e. The Balaban J connectivity index is 1.44. The van der Waals surface area contributed by atoms with Crippen LogP contribution in [-0.4, -0.2) is 27.1 Å². The fourth-order valence-electron chi connectivity index (χ4n) is 2.45. The van der Waals surface area contributed by atoms with Gasteiger partial charge in [0, 0.05) is 0 Å². The van der Waals surface area contributed by atoms with Crippen LogP contribution in [0, 0.1) is 0 Å². The van der Waals surface area contributed by atoms with Crippen LogP contribution in [-0.2, 0) is 21.4 Å². The molecule has 7 nitrogen and oxygen atoms in total.